The minimum atomic E-state index is -0.413. The average molecular weight is 436 g/mol. The Bertz CT molecular complexity index is 1000. The minimum Gasteiger partial charge on any atom is -0.385 e. The molecule has 170 valence electrons. The average Bonchev–Trinajstić information content (AvgIpc) is 2.84. The van der Waals surface area contributed by atoms with Crippen LogP contribution in [0.15, 0.2) is 65.0 Å². The van der Waals surface area contributed by atoms with Gasteiger partial charge in [0.1, 0.15) is 12.1 Å². The molecule has 2 bridgehead atoms. The van der Waals surface area contributed by atoms with Gasteiger partial charge >= 0.3 is 0 Å². The molecular formula is C27H34FN3O. The van der Waals surface area contributed by atoms with Gasteiger partial charge in [-0.15, -0.1) is 0 Å². The van der Waals surface area contributed by atoms with E-state index >= 15 is 0 Å². The zero-order valence-electron chi connectivity index (χ0n) is 19.6. The standard InChI is InChI=1S/C27H34FN3O/c1-6-9-23-15-29-22-11-8-10-18(3)12-26(31(23)16-22)27(19(4)7-2)30-25-14-21(17-32)13-24(28)20(25)5/h8,10-14,17,19,23,29H,3,6-7,9,15-16H2,1-2,4-5H3/b10-8-,22-11+,26-12?,30-27?. The summed E-state index contributed by atoms with van der Waals surface area (Å²) in [7, 11) is 0. The van der Waals surface area contributed by atoms with Gasteiger partial charge < -0.3 is 10.2 Å². The van der Waals surface area contributed by atoms with Crippen molar-refractivity contribution >= 4 is 17.7 Å². The van der Waals surface area contributed by atoms with Crippen LogP contribution in [0.1, 0.15) is 56.0 Å². The molecular weight excluding hydrogens is 401 g/mol. The number of rotatable bonds is 7. The van der Waals surface area contributed by atoms with Crippen LogP contribution in [0.2, 0.25) is 0 Å². The molecule has 0 saturated carbocycles. The Morgan fingerprint density at radius 2 is 2.19 bits per heavy atom. The highest BCUT2D eigenvalue weighted by Crippen LogP contribution is 2.30. The summed E-state index contributed by atoms with van der Waals surface area (Å²) in [6, 6.07) is 3.26. The smallest absolute Gasteiger partial charge is 0.150 e. The van der Waals surface area contributed by atoms with Crippen molar-refractivity contribution in [1.82, 2.24) is 10.2 Å². The second kappa shape index (κ2) is 10.6. The molecule has 1 saturated heterocycles. The number of allylic oxidation sites excluding steroid dienone is 6. The number of nitrogens with one attached hydrogen (secondary N) is 1. The number of halogens is 1. The topological polar surface area (TPSA) is 44.7 Å². The molecule has 32 heavy (non-hydrogen) atoms. The molecule has 1 fully saturated rings. The number of aldehydes is 1. The van der Waals surface area contributed by atoms with Gasteiger partial charge in [-0.05, 0) is 49.6 Å². The monoisotopic (exact) mass is 435 g/mol. The molecule has 2 aliphatic rings. The summed E-state index contributed by atoms with van der Waals surface area (Å²) in [4.78, 5) is 18.8. The number of hydrogen-bond donors (Lipinski definition) is 1. The number of benzene rings is 1. The molecule has 1 aromatic rings. The largest absolute Gasteiger partial charge is 0.385 e. The highest BCUT2D eigenvalue weighted by atomic mass is 19.1. The first kappa shape index (κ1) is 23.7. The molecule has 2 atom stereocenters. The van der Waals surface area contributed by atoms with E-state index in [0.29, 0.717) is 29.1 Å². The van der Waals surface area contributed by atoms with E-state index in [1.807, 2.05) is 12.2 Å². The normalized spacial score (nSPS) is 22.5. The Balaban J connectivity index is 2.21. The maximum Gasteiger partial charge on any atom is 0.150 e. The summed E-state index contributed by atoms with van der Waals surface area (Å²) >= 11 is 0. The third-order valence-corrected chi connectivity index (χ3v) is 6.27. The van der Waals surface area contributed by atoms with E-state index in [1.165, 1.54) is 6.07 Å². The van der Waals surface area contributed by atoms with Crippen molar-refractivity contribution in [2.24, 2.45) is 10.9 Å². The van der Waals surface area contributed by atoms with Crippen LogP contribution >= 0.6 is 0 Å². The van der Waals surface area contributed by atoms with Crippen LogP contribution in [-0.2, 0) is 0 Å². The first-order chi connectivity index (χ1) is 15.4. The summed E-state index contributed by atoms with van der Waals surface area (Å²) in [5, 5.41) is 3.56. The Hall–Kier alpha value is -2.95. The van der Waals surface area contributed by atoms with Gasteiger partial charge in [0.2, 0.25) is 0 Å². The summed E-state index contributed by atoms with van der Waals surface area (Å²) < 4.78 is 14.5. The van der Waals surface area contributed by atoms with Gasteiger partial charge in [-0.25, -0.2) is 4.39 Å². The zero-order valence-corrected chi connectivity index (χ0v) is 19.6. The number of fused-ring (bicyclic) bond motifs is 2. The lowest BCUT2D eigenvalue weighted by Gasteiger charge is -2.42. The molecule has 3 rings (SSSR count). The molecule has 0 radical (unpaired) electrons. The Morgan fingerprint density at radius 3 is 2.88 bits per heavy atom. The fourth-order valence-corrected chi connectivity index (χ4v) is 4.14. The fraction of sp³-hybridized carbons (Fsp3) is 0.407. The number of nitrogens with zero attached hydrogens (tertiary/aromatic N) is 2. The number of aliphatic imine (C=N–C) groups is 1. The zero-order chi connectivity index (χ0) is 23.3. The predicted octanol–water partition coefficient (Wildman–Crippen LogP) is 6.03. The lowest BCUT2D eigenvalue weighted by molar-refractivity contribution is 0.112. The minimum absolute atomic E-state index is 0.144. The van der Waals surface area contributed by atoms with Crippen LogP contribution in [0, 0.1) is 18.7 Å². The summed E-state index contributed by atoms with van der Waals surface area (Å²) in [5.74, 6) is -0.269. The first-order valence-electron chi connectivity index (χ1n) is 11.5. The van der Waals surface area contributed by atoms with Gasteiger partial charge in [0.25, 0.3) is 0 Å². The van der Waals surface area contributed by atoms with Gasteiger partial charge in [0, 0.05) is 35.3 Å². The first-order valence-corrected chi connectivity index (χ1v) is 11.5. The third kappa shape index (κ3) is 5.26. The van der Waals surface area contributed by atoms with Crippen molar-refractivity contribution in [2.45, 2.75) is 53.0 Å². The quantitative estimate of drug-likeness (QED) is 0.420. The van der Waals surface area contributed by atoms with Crippen LogP contribution < -0.4 is 5.32 Å². The molecule has 0 aliphatic carbocycles. The molecule has 2 heterocycles. The van der Waals surface area contributed by atoms with E-state index in [1.54, 1.807) is 13.0 Å². The Kier molecular flexibility index (Phi) is 7.84. The van der Waals surface area contributed by atoms with Crippen molar-refractivity contribution < 1.29 is 9.18 Å². The summed E-state index contributed by atoms with van der Waals surface area (Å²) in [6.07, 6.45) is 11.9. The SMILES string of the molecule is C=C1C=C(C(=Nc2cc(C=O)cc(F)c2C)C(C)CC)N2C/C(=C\C=C/1)NCC2CCC. The maximum atomic E-state index is 14.5. The van der Waals surface area contributed by atoms with Crippen molar-refractivity contribution in [1.29, 1.82) is 0 Å². The number of carbonyl (C=O) groups excluding carboxylic acids is 1. The van der Waals surface area contributed by atoms with Gasteiger partial charge in [-0.3, -0.25) is 9.79 Å². The molecule has 4 nitrogen and oxygen atoms in total. The van der Waals surface area contributed by atoms with E-state index in [2.05, 4.69) is 49.7 Å². The van der Waals surface area contributed by atoms with Gasteiger partial charge in [0.05, 0.1) is 23.6 Å². The molecule has 2 unspecified atom stereocenters. The molecule has 0 aromatic heterocycles. The highest BCUT2D eigenvalue weighted by molar-refractivity contribution is 6.03. The Morgan fingerprint density at radius 1 is 1.41 bits per heavy atom. The number of hydrogen-bond acceptors (Lipinski definition) is 4. The Labute approximate surface area is 191 Å². The molecule has 0 spiro atoms. The van der Waals surface area contributed by atoms with Gasteiger partial charge in [-0.2, -0.15) is 0 Å². The number of carbonyl (C=O) groups is 1. The second-order valence-electron chi connectivity index (χ2n) is 8.68. The molecule has 2 aliphatic heterocycles. The lowest BCUT2D eigenvalue weighted by atomic mass is 9.95. The van der Waals surface area contributed by atoms with Crippen molar-refractivity contribution in [3.05, 3.63) is 76.9 Å². The van der Waals surface area contributed by atoms with E-state index < -0.39 is 5.82 Å². The van der Waals surface area contributed by atoms with Crippen LogP contribution in [0.3, 0.4) is 0 Å². The predicted molar refractivity (Wildman–Crippen MR) is 131 cm³/mol. The fourth-order valence-electron chi connectivity index (χ4n) is 4.14. The lowest BCUT2D eigenvalue weighted by Crippen LogP contribution is -2.50. The van der Waals surface area contributed by atoms with Crippen LogP contribution in [0.25, 0.3) is 0 Å². The van der Waals surface area contributed by atoms with E-state index in [-0.39, 0.29) is 5.92 Å². The second-order valence-corrected chi connectivity index (χ2v) is 8.68. The van der Waals surface area contributed by atoms with E-state index in [0.717, 1.165) is 55.0 Å². The van der Waals surface area contributed by atoms with Gasteiger partial charge in [-0.1, -0.05) is 45.9 Å². The highest BCUT2D eigenvalue weighted by Gasteiger charge is 2.30. The number of piperazine rings is 1. The molecule has 5 heteroatoms. The van der Waals surface area contributed by atoms with E-state index in [9.17, 15) is 9.18 Å². The molecule has 1 aromatic carbocycles. The van der Waals surface area contributed by atoms with E-state index in [4.69, 9.17) is 4.99 Å². The van der Waals surface area contributed by atoms with Crippen LogP contribution in [0.4, 0.5) is 10.1 Å². The van der Waals surface area contributed by atoms with Crippen molar-refractivity contribution in [2.75, 3.05) is 13.1 Å². The molecule has 0 amide bonds. The van der Waals surface area contributed by atoms with Crippen molar-refractivity contribution in [3.63, 3.8) is 0 Å². The van der Waals surface area contributed by atoms with Crippen LogP contribution in [-0.4, -0.2) is 36.0 Å². The third-order valence-electron chi connectivity index (χ3n) is 6.27. The summed E-state index contributed by atoms with van der Waals surface area (Å²) in [6.45, 7) is 14.0. The van der Waals surface area contributed by atoms with Gasteiger partial charge in [0.15, 0.2) is 0 Å². The summed E-state index contributed by atoms with van der Waals surface area (Å²) in [5.41, 5.74) is 5.22. The maximum absolute atomic E-state index is 14.5. The van der Waals surface area contributed by atoms with Crippen molar-refractivity contribution in [3.8, 4) is 0 Å². The van der Waals surface area contributed by atoms with Crippen LogP contribution in [0.5, 0.6) is 0 Å². The molecule has 1 N–H and O–H groups in total.